The van der Waals surface area contributed by atoms with Crippen molar-refractivity contribution >= 4 is 17.4 Å². The minimum atomic E-state index is -0.319. The van der Waals surface area contributed by atoms with Crippen molar-refractivity contribution in [3.63, 3.8) is 0 Å². The summed E-state index contributed by atoms with van der Waals surface area (Å²) >= 11 is 0. The van der Waals surface area contributed by atoms with E-state index < -0.39 is 0 Å². The molecule has 0 bridgehead atoms. The highest BCUT2D eigenvalue weighted by molar-refractivity contribution is 5.97. The minimum Gasteiger partial charge on any atom is -0.345 e. The van der Waals surface area contributed by atoms with E-state index in [9.17, 15) is 4.79 Å². The second-order valence-corrected chi connectivity index (χ2v) is 5.45. The third-order valence-corrected chi connectivity index (χ3v) is 3.69. The van der Waals surface area contributed by atoms with Gasteiger partial charge in [-0.25, -0.2) is 0 Å². The van der Waals surface area contributed by atoms with E-state index in [1.54, 1.807) is 6.20 Å². The molecule has 3 aromatic rings. The molecular formula is C17H18N6O. The quantitative estimate of drug-likeness (QED) is 0.671. The summed E-state index contributed by atoms with van der Waals surface area (Å²) in [5.41, 5.74) is 4.20. The van der Waals surface area contributed by atoms with Crippen molar-refractivity contribution in [2.45, 2.75) is 20.4 Å². The number of nitrogens with one attached hydrogen (secondary N) is 3. The zero-order chi connectivity index (χ0) is 16.9. The molecule has 3 rings (SSSR count). The Labute approximate surface area is 139 Å². The summed E-state index contributed by atoms with van der Waals surface area (Å²) in [6.07, 6.45) is 1.68. The number of carbonyl (C=O) groups is 1. The Morgan fingerprint density at radius 3 is 2.75 bits per heavy atom. The number of hydrogen-bond acceptors (Lipinski definition) is 5. The van der Waals surface area contributed by atoms with Gasteiger partial charge >= 0.3 is 0 Å². The number of carbonyl (C=O) groups excluding carboxylic acids is 1. The van der Waals surface area contributed by atoms with Crippen molar-refractivity contribution in [1.82, 2.24) is 25.7 Å². The molecule has 0 aliphatic rings. The predicted molar refractivity (Wildman–Crippen MR) is 91.0 cm³/mol. The number of benzene rings is 1. The fourth-order valence-corrected chi connectivity index (χ4v) is 2.19. The highest BCUT2D eigenvalue weighted by Crippen LogP contribution is 2.19. The molecule has 7 heteroatoms. The number of anilines is 2. The Morgan fingerprint density at radius 2 is 2.00 bits per heavy atom. The summed E-state index contributed by atoms with van der Waals surface area (Å²) in [5, 5.41) is 16.3. The fourth-order valence-electron chi connectivity index (χ4n) is 2.19. The Kier molecular flexibility index (Phi) is 4.51. The molecule has 2 aromatic heterocycles. The second kappa shape index (κ2) is 6.91. The molecule has 2 heterocycles. The molecule has 0 saturated carbocycles. The number of aryl methyl sites for hydroxylation is 2. The molecule has 0 fully saturated rings. The van der Waals surface area contributed by atoms with Crippen LogP contribution >= 0.6 is 0 Å². The maximum absolute atomic E-state index is 12.3. The van der Waals surface area contributed by atoms with Gasteiger partial charge in [0.05, 0.1) is 12.2 Å². The molecule has 0 atom stereocenters. The second-order valence-electron chi connectivity index (χ2n) is 5.45. The molecule has 3 N–H and O–H groups in total. The first-order valence-corrected chi connectivity index (χ1v) is 7.56. The van der Waals surface area contributed by atoms with Gasteiger partial charge in [-0.3, -0.25) is 9.78 Å². The first-order valence-electron chi connectivity index (χ1n) is 7.56. The van der Waals surface area contributed by atoms with Gasteiger partial charge < -0.3 is 10.6 Å². The molecule has 7 nitrogen and oxygen atoms in total. The number of amides is 1. The fraction of sp³-hybridized carbons (Fsp3) is 0.176. The van der Waals surface area contributed by atoms with E-state index in [0.717, 1.165) is 16.9 Å². The number of aromatic amines is 1. The van der Waals surface area contributed by atoms with E-state index in [1.165, 1.54) is 5.56 Å². The van der Waals surface area contributed by atoms with Gasteiger partial charge in [0.2, 0.25) is 0 Å². The Bertz CT molecular complexity index is 843. The molecule has 122 valence electrons. The van der Waals surface area contributed by atoms with E-state index in [4.69, 9.17) is 0 Å². The Morgan fingerprint density at radius 1 is 1.12 bits per heavy atom. The van der Waals surface area contributed by atoms with E-state index in [-0.39, 0.29) is 11.6 Å². The summed E-state index contributed by atoms with van der Waals surface area (Å²) in [4.78, 5) is 16.5. The van der Waals surface area contributed by atoms with Gasteiger partial charge in [-0.15, -0.1) is 10.2 Å². The van der Waals surface area contributed by atoms with Crippen molar-refractivity contribution in [1.29, 1.82) is 0 Å². The largest absolute Gasteiger partial charge is 0.345 e. The van der Waals surface area contributed by atoms with Gasteiger partial charge in [0.25, 0.3) is 5.91 Å². The van der Waals surface area contributed by atoms with Crippen LogP contribution in [0.1, 0.15) is 27.3 Å². The Balaban J connectivity index is 1.70. The smallest absolute Gasteiger partial charge is 0.276 e. The van der Waals surface area contributed by atoms with Gasteiger partial charge in [-0.2, -0.15) is 5.21 Å². The molecule has 24 heavy (non-hydrogen) atoms. The van der Waals surface area contributed by atoms with Crippen molar-refractivity contribution < 1.29 is 4.79 Å². The van der Waals surface area contributed by atoms with E-state index in [0.29, 0.717) is 12.4 Å². The molecule has 0 unspecified atom stereocenters. The van der Waals surface area contributed by atoms with Crippen LogP contribution in [0.25, 0.3) is 0 Å². The van der Waals surface area contributed by atoms with Crippen LogP contribution in [0.4, 0.5) is 11.5 Å². The van der Waals surface area contributed by atoms with Crippen LogP contribution in [0.3, 0.4) is 0 Å². The average molecular weight is 322 g/mol. The van der Waals surface area contributed by atoms with Crippen molar-refractivity contribution in [2.75, 3.05) is 5.32 Å². The molecule has 1 amide bonds. The summed E-state index contributed by atoms with van der Waals surface area (Å²) in [6, 6.07) is 11.5. The third-order valence-electron chi connectivity index (χ3n) is 3.69. The number of aromatic nitrogens is 4. The normalized spacial score (nSPS) is 10.4. The summed E-state index contributed by atoms with van der Waals surface area (Å²) in [5.74, 6) is 0.0671. The van der Waals surface area contributed by atoms with Crippen LogP contribution in [0.5, 0.6) is 0 Å². The van der Waals surface area contributed by atoms with Gasteiger partial charge in [-0.1, -0.05) is 12.1 Å². The molecular weight excluding hydrogens is 304 g/mol. The highest BCUT2D eigenvalue weighted by atomic mass is 16.2. The van der Waals surface area contributed by atoms with Crippen LogP contribution in [0.15, 0.2) is 42.6 Å². The predicted octanol–water partition coefficient (Wildman–Crippen LogP) is 2.49. The zero-order valence-electron chi connectivity index (χ0n) is 13.5. The van der Waals surface area contributed by atoms with Crippen LogP contribution in [-0.2, 0) is 6.54 Å². The maximum Gasteiger partial charge on any atom is 0.276 e. The van der Waals surface area contributed by atoms with Gasteiger partial charge in [-0.05, 0) is 49.2 Å². The van der Waals surface area contributed by atoms with Crippen molar-refractivity contribution in [2.24, 2.45) is 0 Å². The molecule has 1 aromatic carbocycles. The number of pyridine rings is 1. The number of rotatable bonds is 5. The molecule has 0 spiro atoms. The van der Waals surface area contributed by atoms with E-state index >= 15 is 0 Å². The number of hydrogen-bond donors (Lipinski definition) is 3. The summed E-state index contributed by atoms with van der Waals surface area (Å²) in [7, 11) is 0. The Hall–Kier alpha value is -3.22. The standard InChI is InChI=1S/C17H18N6O/c1-11-6-7-13(9-12(11)2)20-16-15(21-23-22-16)17(24)19-10-14-5-3-4-8-18-14/h3-9H,10H2,1-2H3,(H,19,24)(H2,20,21,22,23). The lowest BCUT2D eigenvalue weighted by atomic mass is 10.1. The first kappa shape index (κ1) is 15.7. The average Bonchev–Trinajstić information content (AvgIpc) is 3.05. The van der Waals surface area contributed by atoms with Crippen molar-refractivity contribution in [3.05, 3.63) is 65.1 Å². The lowest BCUT2D eigenvalue weighted by molar-refractivity contribution is 0.0946. The van der Waals surface area contributed by atoms with Crippen LogP contribution < -0.4 is 10.6 Å². The summed E-state index contributed by atoms with van der Waals surface area (Å²) in [6.45, 7) is 4.41. The van der Waals surface area contributed by atoms with Gasteiger partial charge in [0, 0.05) is 11.9 Å². The lowest BCUT2D eigenvalue weighted by Crippen LogP contribution is -2.24. The van der Waals surface area contributed by atoms with Gasteiger partial charge in [0.15, 0.2) is 11.5 Å². The van der Waals surface area contributed by atoms with Crippen LogP contribution in [0, 0.1) is 13.8 Å². The maximum atomic E-state index is 12.3. The van der Waals surface area contributed by atoms with Crippen molar-refractivity contribution in [3.8, 4) is 0 Å². The third kappa shape index (κ3) is 3.57. The first-order chi connectivity index (χ1) is 11.6. The number of nitrogens with zero attached hydrogens (tertiary/aromatic N) is 3. The van der Waals surface area contributed by atoms with Crippen LogP contribution in [0.2, 0.25) is 0 Å². The van der Waals surface area contributed by atoms with E-state index in [1.807, 2.05) is 50.2 Å². The SMILES string of the molecule is Cc1ccc(Nc2n[nH]nc2C(=O)NCc2ccccn2)cc1C. The highest BCUT2D eigenvalue weighted by Gasteiger charge is 2.16. The van der Waals surface area contributed by atoms with Crippen LogP contribution in [-0.4, -0.2) is 26.3 Å². The summed E-state index contributed by atoms with van der Waals surface area (Å²) < 4.78 is 0. The van der Waals surface area contributed by atoms with E-state index in [2.05, 4.69) is 31.0 Å². The molecule has 0 saturated heterocycles. The number of H-pyrrole nitrogens is 1. The zero-order valence-corrected chi connectivity index (χ0v) is 13.5. The molecule has 0 aliphatic carbocycles. The monoisotopic (exact) mass is 322 g/mol. The van der Waals surface area contributed by atoms with Gasteiger partial charge in [0.1, 0.15) is 0 Å². The lowest BCUT2D eigenvalue weighted by Gasteiger charge is -2.08. The molecule has 0 aliphatic heterocycles. The molecule has 0 radical (unpaired) electrons. The minimum absolute atomic E-state index is 0.212. The topological polar surface area (TPSA) is 95.6 Å².